The summed E-state index contributed by atoms with van der Waals surface area (Å²) in [5.74, 6) is 3.34. The van der Waals surface area contributed by atoms with Crippen molar-refractivity contribution < 1.29 is 9.57 Å². The Labute approximate surface area is 178 Å². The van der Waals surface area contributed by atoms with E-state index in [4.69, 9.17) is 9.57 Å². The van der Waals surface area contributed by atoms with Gasteiger partial charge in [0.25, 0.3) is 0 Å². The molecule has 0 N–H and O–H groups in total. The minimum atomic E-state index is 0.0415. The van der Waals surface area contributed by atoms with Crippen LogP contribution in [-0.2, 0) is 4.84 Å². The van der Waals surface area contributed by atoms with Crippen molar-refractivity contribution in [1.82, 2.24) is 14.9 Å². The summed E-state index contributed by atoms with van der Waals surface area (Å²) in [6, 6.07) is 0. The standard InChI is InChI=1S/C21H36N4O2.C2H6/c1-15(2)17(4)24-27-19(6)25-10-7-20(8-11-25)16(3)9-12-26-21-13-22-18(5)23-14-21;1-2/h13-16,19-20H,7-12H2,1-6H3;1-2H3/b24-17+;/t16-,19?;/m1./s1. The van der Waals surface area contributed by atoms with E-state index in [0.29, 0.717) is 11.8 Å². The third kappa shape index (κ3) is 9.11. The Balaban J connectivity index is 0.00000204. The topological polar surface area (TPSA) is 59.8 Å². The molecule has 0 spiro atoms. The fourth-order valence-electron chi connectivity index (χ4n) is 3.24. The van der Waals surface area contributed by atoms with Gasteiger partial charge in [0.1, 0.15) is 5.82 Å². The molecular weight excluding hydrogens is 364 g/mol. The molecule has 166 valence electrons. The Morgan fingerprint density at radius 3 is 2.28 bits per heavy atom. The van der Waals surface area contributed by atoms with Gasteiger partial charge in [-0.25, -0.2) is 9.97 Å². The van der Waals surface area contributed by atoms with Crippen molar-refractivity contribution in [2.24, 2.45) is 22.9 Å². The van der Waals surface area contributed by atoms with Gasteiger partial charge >= 0.3 is 0 Å². The molecule has 2 atom stereocenters. The van der Waals surface area contributed by atoms with Crippen LogP contribution in [0.4, 0.5) is 0 Å². The molecule has 0 amide bonds. The predicted octanol–water partition coefficient (Wildman–Crippen LogP) is 5.32. The maximum absolute atomic E-state index is 5.79. The Bertz CT molecular complexity index is 581. The second-order valence-corrected chi connectivity index (χ2v) is 8.05. The molecule has 0 bridgehead atoms. The van der Waals surface area contributed by atoms with E-state index >= 15 is 0 Å². The van der Waals surface area contributed by atoms with E-state index in [1.54, 1.807) is 12.4 Å². The Morgan fingerprint density at radius 2 is 1.72 bits per heavy atom. The van der Waals surface area contributed by atoms with E-state index in [1.807, 2.05) is 27.7 Å². The van der Waals surface area contributed by atoms with E-state index in [0.717, 1.165) is 49.3 Å². The summed E-state index contributed by atoms with van der Waals surface area (Å²) in [4.78, 5) is 16.4. The Kier molecular flexibility index (Phi) is 11.8. The molecule has 1 unspecified atom stereocenters. The monoisotopic (exact) mass is 406 g/mol. The third-order valence-corrected chi connectivity index (χ3v) is 5.68. The molecule has 1 aliphatic rings. The summed E-state index contributed by atoms with van der Waals surface area (Å²) in [5, 5.41) is 4.28. The highest BCUT2D eigenvalue weighted by atomic mass is 16.6. The van der Waals surface area contributed by atoms with E-state index in [2.05, 4.69) is 47.7 Å². The summed E-state index contributed by atoms with van der Waals surface area (Å²) in [6.45, 7) is 19.5. The number of piperidine rings is 1. The Hall–Kier alpha value is -1.69. The van der Waals surface area contributed by atoms with Gasteiger partial charge in [-0.3, -0.25) is 4.90 Å². The van der Waals surface area contributed by atoms with Crippen LogP contribution < -0.4 is 4.74 Å². The number of ether oxygens (including phenoxy) is 1. The summed E-state index contributed by atoms with van der Waals surface area (Å²) in [5.41, 5.74) is 1.05. The lowest BCUT2D eigenvalue weighted by Crippen LogP contribution is -2.42. The smallest absolute Gasteiger partial charge is 0.178 e. The maximum atomic E-state index is 5.79. The molecule has 2 heterocycles. The number of hydrogen-bond acceptors (Lipinski definition) is 6. The minimum Gasteiger partial charge on any atom is -0.490 e. The van der Waals surface area contributed by atoms with Crippen LogP contribution in [0.25, 0.3) is 0 Å². The highest BCUT2D eigenvalue weighted by Crippen LogP contribution is 2.28. The molecule has 6 nitrogen and oxygen atoms in total. The van der Waals surface area contributed by atoms with Crippen LogP contribution in [0.5, 0.6) is 5.75 Å². The van der Waals surface area contributed by atoms with Gasteiger partial charge in [0.15, 0.2) is 12.0 Å². The first kappa shape index (κ1) is 25.3. The van der Waals surface area contributed by atoms with Crippen LogP contribution in [0.2, 0.25) is 0 Å². The van der Waals surface area contributed by atoms with Gasteiger partial charge in [0.05, 0.1) is 24.7 Å². The number of oxime groups is 1. The van der Waals surface area contributed by atoms with Crippen molar-refractivity contribution in [2.75, 3.05) is 19.7 Å². The number of hydrogen-bond donors (Lipinski definition) is 0. The molecule has 1 saturated heterocycles. The zero-order valence-electron chi connectivity index (χ0n) is 19.8. The lowest BCUT2D eigenvalue weighted by atomic mass is 9.84. The van der Waals surface area contributed by atoms with Gasteiger partial charge in [-0.1, -0.05) is 39.8 Å². The minimum absolute atomic E-state index is 0.0415. The van der Waals surface area contributed by atoms with Gasteiger partial charge in [-0.2, -0.15) is 0 Å². The average Bonchev–Trinajstić information content (AvgIpc) is 2.74. The first-order valence-electron chi connectivity index (χ1n) is 11.2. The summed E-state index contributed by atoms with van der Waals surface area (Å²) in [7, 11) is 0. The highest BCUT2D eigenvalue weighted by Gasteiger charge is 2.27. The number of rotatable bonds is 9. The molecular formula is C23H42N4O2. The van der Waals surface area contributed by atoms with E-state index in [9.17, 15) is 0 Å². The van der Waals surface area contributed by atoms with E-state index < -0.39 is 0 Å². The Morgan fingerprint density at radius 1 is 1.14 bits per heavy atom. The highest BCUT2D eigenvalue weighted by molar-refractivity contribution is 5.83. The molecule has 2 rings (SSSR count). The molecule has 0 aromatic carbocycles. The number of nitrogens with zero attached hydrogens (tertiary/aromatic N) is 4. The lowest BCUT2D eigenvalue weighted by Gasteiger charge is -2.36. The number of likely N-dealkylation sites (tertiary alicyclic amines) is 1. The largest absolute Gasteiger partial charge is 0.490 e. The average molecular weight is 407 g/mol. The van der Waals surface area contributed by atoms with Gasteiger partial charge in [0, 0.05) is 13.1 Å². The molecule has 1 aromatic rings. The molecule has 29 heavy (non-hydrogen) atoms. The van der Waals surface area contributed by atoms with Crippen LogP contribution >= 0.6 is 0 Å². The lowest BCUT2D eigenvalue weighted by molar-refractivity contribution is -0.0625. The fraction of sp³-hybridized carbons (Fsp3) is 0.783. The quantitative estimate of drug-likeness (QED) is 0.410. The second-order valence-electron chi connectivity index (χ2n) is 8.05. The first-order chi connectivity index (χ1) is 13.9. The van der Waals surface area contributed by atoms with Gasteiger partial charge in [-0.15, -0.1) is 0 Å². The van der Waals surface area contributed by atoms with Crippen molar-refractivity contribution >= 4 is 5.71 Å². The first-order valence-corrected chi connectivity index (χ1v) is 11.2. The zero-order valence-corrected chi connectivity index (χ0v) is 19.8. The van der Waals surface area contributed by atoms with Crippen LogP contribution in [0.15, 0.2) is 17.5 Å². The SMILES string of the molecule is C/C(=N\OC(C)N1CCC([C@H](C)CCOc2cnc(C)nc2)CC1)C(C)C.CC. The number of aryl methyl sites for hydroxylation is 1. The molecule has 0 saturated carbocycles. The summed E-state index contributed by atoms with van der Waals surface area (Å²) < 4.78 is 5.79. The van der Waals surface area contributed by atoms with Crippen molar-refractivity contribution in [3.63, 3.8) is 0 Å². The van der Waals surface area contributed by atoms with Gasteiger partial charge < -0.3 is 9.57 Å². The van der Waals surface area contributed by atoms with Crippen LogP contribution in [-0.4, -0.2) is 46.5 Å². The predicted molar refractivity (Wildman–Crippen MR) is 120 cm³/mol. The van der Waals surface area contributed by atoms with Crippen LogP contribution in [0, 0.1) is 24.7 Å². The van der Waals surface area contributed by atoms with Crippen molar-refractivity contribution in [3.05, 3.63) is 18.2 Å². The van der Waals surface area contributed by atoms with Crippen molar-refractivity contribution in [3.8, 4) is 5.75 Å². The van der Waals surface area contributed by atoms with E-state index in [1.165, 1.54) is 12.8 Å². The molecule has 6 heteroatoms. The van der Waals surface area contributed by atoms with Gasteiger partial charge in [0.2, 0.25) is 0 Å². The van der Waals surface area contributed by atoms with Crippen molar-refractivity contribution in [1.29, 1.82) is 0 Å². The van der Waals surface area contributed by atoms with Crippen LogP contribution in [0.3, 0.4) is 0 Å². The molecule has 1 aromatic heterocycles. The number of aromatic nitrogens is 2. The van der Waals surface area contributed by atoms with Crippen LogP contribution in [0.1, 0.15) is 73.6 Å². The van der Waals surface area contributed by atoms with Gasteiger partial charge in [-0.05, 0) is 57.8 Å². The summed E-state index contributed by atoms with van der Waals surface area (Å²) >= 11 is 0. The molecule has 1 fully saturated rings. The molecule has 0 radical (unpaired) electrons. The second kappa shape index (κ2) is 13.5. The zero-order chi connectivity index (χ0) is 21.8. The molecule has 1 aliphatic heterocycles. The maximum Gasteiger partial charge on any atom is 0.178 e. The van der Waals surface area contributed by atoms with Crippen molar-refractivity contribution in [2.45, 2.75) is 80.9 Å². The normalized spacial score (nSPS) is 18.0. The third-order valence-electron chi connectivity index (χ3n) is 5.68. The van der Waals surface area contributed by atoms with E-state index in [-0.39, 0.29) is 6.23 Å². The summed E-state index contributed by atoms with van der Waals surface area (Å²) in [6.07, 6.45) is 7.00. The fourth-order valence-corrected chi connectivity index (χ4v) is 3.24. The molecule has 0 aliphatic carbocycles.